The summed E-state index contributed by atoms with van der Waals surface area (Å²) in [5.41, 5.74) is 5.56. The Kier molecular flexibility index (Phi) is 3.34. The van der Waals surface area contributed by atoms with Crippen LogP contribution in [-0.4, -0.2) is 32.4 Å². The number of sulfonamides is 1. The fourth-order valence-electron chi connectivity index (χ4n) is 1.89. The van der Waals surface area contributed by atoms with Gasteiger partial charge in [0.2, 0.25) is 0 Å². The molecule has 0 bridgehead atoms. The first kappa shape index (κ1) is 12.0. The molecular formula is C10H16N2O2S2. The molecule has 1 aromatic rings. The molecule has 0 radical (unpaired) electrons. The van der Waals surface area contributed by atoms with E-state index in [2.05, 4.69) is 0 Å². The van der Waals surface area contributed by atoms with Crippen molar-refractivity contribution in [2.45, 2.75) is 17.6 Å². The van der Waals surface area contributed by atoms with E-state index in [0.717, 1.165) is 11.3 Å². The summed E-state index contributed by atoms with van der Waals surface area (Å²) < 4.78 is 26.4. The second kappa shape index (κ2) is 4.44. The standard InChI is InChI=1S/C10H16N2O2S2/c1-8-2-3-10(15-8)16(13,14)12-5-4-9(6-11)7-12/h2-3,9H,4-7,11H2,1H3. The highest BCUT2D eigenvalue weighted by molar-refractivity contribution is 7.91. The maximum Gasteiger partial charge on any atom is 0.252 e. The van der Waals surface area contributed by atoms with Crippen LogP contribution in [0.4, 0.5) is 0 Å². The molecular weight excluding hydrogens is 244 g/mol. The molecule has 1 aromatic heterocycles. The van der Waals surface area contributed by atoms with Crippen molar-refractivity contribution in [2.75, 3.05) is 19.6 Å². The molecule has 6 heteroatoms. The highest BCUT2D eigenvalue weighted by Crippen LogP contribution is 2.28. The molecule has 1 unspecified atom stereocenters. The van der Waals surface area contributed by atoms with Gasteiger partial charge < -0.3 is 5.73 Å². The first-order chi connectivity index (χ1) is 7.54. The van der Waals surface area contributed by atoms with Crippen molar-refractivity contribution in [3.05, 3.63) is 17.0 Å². The average Bonchev–Trinajstić information content (AvgIpc) is 2.85. The Labute approximate surface area is 100 Å². The van der Waals surface area contributed by atoms with E-state index in [1.54, 1.807) is 10.4 Å². The van der Waals surface area contributed by atoms with Crippen LogP contribution < -0.4 is 5.73 Å². The minimum Gasteiger partial charge on any atom is -0.330 e. The molecule has 4 nitrogen and oxygen atoms in total. The van der Waals surface area contributed by atoms with Crippen LogP contribution in [-0.2, 0) is 10.0 Å². The summed E-state index contributed by atoms with van der Waals surface area (Å²) in [4.78, 5) is 1.02. The van der Waals surface area contributed by atoms with Crippen LogP contribution in [0.5, 0.6) is 0 Å². The zero-order valence-corrected chi connectivity index (χ0v) is 10.9. The van der Waals surface area contributed by atoms with Crippen LogP contribution in [0.2, 0.25) is 0 Å². The Hall–Kier alpha value is -0.430. The lowest BCUT2D eigenvalue weighted by atomic mass is 10.1. The molecule has 1 saturated heterocycles. The third kappa shape index (κ3) is 2.15. The van der Waals surface area contributed by atoms with E-state index in [1.807, 2.05) is 13.0 Å². The molecule has 1 fully saturated rings. The predicted molar refractivity (Wildman–Crippen MR) is 65.0 cm³/mol. The van der Waals surface area contributed by atoms with Gasteiger partial charge in [-0.15, -0.1) is 11.3 Å². The van der Waals surface area contributed by atoms with Crippen molar-refractivity contribution in [1.82, 2.24) is 4.31 Å². The van der Waals surface area contributed by atoms with Gasteiger partial charge in [0.15, 0.2) is 0 Å². The van der Waals surface area contributed by atoms with Gasteiger partial charge in [0, 0.05) is 18.0 Å². The highest BCUT2D eigenvalue weighted by Gasteiger charge is 2.32. The fraction of sp³-hybridized carbons (Fsp3) is 0.600. The van der Waals surface area contributed by atoms with Gasteiger partial charge in [0.05, 0.1) is 0 Å². The second-order valence-electron chi connectivity index (χ2n) is 4.12. The maximum absolute atomic E-state index is 12.2. The van der Waals surface area contributed by atoms with Gasteiger partial charge in [0.1, 0.15) is 4.21 Å². The summed E-state index contributed by atoms with van der Waals surface area (Å²) in [6.07, 6.45) is 0.875. The highest BCUT2D eigenvalue weighted by atomic mass is 32.2. The van der Waals surface area contributed by atoms with Crippen LogP contribution in [0.1, 0.15) is 11.3 Å². The summed E-state index contributed by atoms with van der Waals surface area (Å²) in [6, 6.07) is 3.53. The van der Waals surface area contributed by atoms with Crippen molar-refractivity contribution in [3.8, 4) is 0 Å². The summed E-state index contributed by atoms with van der Waals surface area (Å²) in [6.45, 7) is 3.64. The molecule has 1 aliphatic heterocycles. The molecule has 1 aliphatic rings. The molecule has 2 rings (SSSR count). The molecule has 0 aliphatic carbocycles. The third-order valence-electron chi connectivity index (χ3n) is 2.89. The van der Waals surface area contributed by atoms with E-state index in [9.17, 15) is 8.42 Å². The molecule has 0 spiro atoms. The minimum atomic E-state index is -3.26. The minimum absolute atomic E-state index is 0.316. The average molecular weight is 260 g/mol. The Morgan fingerprint density at radius 1 is 1.56 bits per heavy atom. The topological polar surface area (TPSA) is 63.4 Å². The summed E-state index contributed by atoms with van der Waals surface area (Å²) in [5, 5.41) is 0. The SMILES string of the molecule is Cc1ccc(S(=O)(=O)N2CCC(CN)C2)s1. The Morgan fingerprint density at radius 2 is 2.31 bits per heavy atom. The number of aryl methyl sites for hydroxylation is 1. The summed E-state index contributed by atoms with van der Waals surface area (Å²) >= 11 is 1.33. The Morgan fingerprint density at radius 3 is 2.81 bits per heavy atom. The quantitative estimate of drug-likeness (QED) is 0.882. The van der Waals surface area contributed by atoms with E-state index < -0.39 is 10.0 Å². The van der Waals surface area contributed by atoms with Crippen molar-refractivity contribution in [1.29, 1.82) is 0 Å². The lowest BCUT2D eigenvalue weighted by molar-refractivity contribution is 0.460. The number of nitrogens with zero attached hydrogens (tertiary/aromatic N) is 1. The van der Waals surface area contributed by atoms with Crippen molar-refractivity contribution >= 4 is 21.4 Å². The van der Waals surface area contributed by atoms with Gasteiger partial charge in [0.25, 0.3) is 10.0 Å². The van der Waals surface area contributed by atoms with E-state index >= 15 is 0 Å². The van der Waals surface area contributed by atoms with Gasteiger partial charge in [-0.05, 0) is 37.9 Å². The number of nitrogens with two attached hydrogens (primary N) is 1. The number of hydrogen-bond acceptors (Lipinski definition) is 4. The van der Waals surface area contributed by atoms with E-state index in [-0.39, 0.29) is 0 Å². The van der Waals surface area contributed by atoms with Crippen LogP contribution in [0.3, 0.4) is 0 Å². The third-order valence-corrected chi connectivity index (χ3v) is 6.22. The zero-order valence-electron chi connectivity index (χ0n) is 9.22. The van der Waals surface area contributed by atoms with Crippen LogP contribution in [0.25, 0.3) is 0 Å². The number of rotatable bonds is 3. The first-order valence-corrected chi connectivity index (χ1v) is 7.56. The summed E-state index contributed by atoms with van der Waals surface area (Å²) in [5.74, 6) is 0.316. The largest absolute Gasteiger partial charge is 0.330 e. The molecule has 2 N–H and O–H groups in total. The fourth-order valence-corrected chi connectivity index (χ4v) is 4.85. The Balaban J connectivity index is 2.21. The van der Waals surface area contributed by atoms with Gasteiger partial charge in [-0.1, -0.05) is 0 Å². The van der Waals surface area contributed by atoms with Gasteiger partial charge >= 0.3 is 0 Å². The van der Waals surface area contributed by atoms with Gasteiger partial charge in [-0.2, -0.15) is 4.31 Å². The summed E-state index contributed by atoms with van der Waals surface area (Å²) in [7, 11) is -3.26. The maximum atomic E-state index is 12.2. The molecule has 0 amide bonds. The van der Waals surface area contributed by atoms with E-state index in [4.69, 9.17) is 5.73 Å². The normalized spacial score (nSPS) is 22.8. The van der Waals surface area contributed by atoms with Crippen molar-refractivity contribution in [3.63, 3.8) is 0 Å². The van der Waals surface area contributed by atoms with Crippen molar-refractivity contribution < 1.29 is 8.42 Å². The molecule has 0 saturated carbocycles. The van der Waals surface area contributed by atoms with E-state index in [0.29, 0.717) is 29.8 Å². The smallest absolute Gasteiger partial charge is 0.252 e. The van der Waals surface area contributed by atoms with Crippen LogP contribution in [0, 0.1) is 12.8 Å². The number of hydrogen-bond donors (Lipinski definition) is 1. The predicted octanol–water partition coefficient (Wildman–Crippen LogP) is 1.03. The van der Waals surface area contributed by atoms with Crippen LogP contribution >= 0.6 is 11.3 Å². The van der Waals surface area contributed by atoms with Crippen molar-refractivity contribution in [2.24, 2.45) is 11.7 Å². The first-order valence-electron chi connectivity index (χ1n) is 5.30. The lowest BCUT2D eigenvalue weighted by Crippen LogP contribution is -2.29. The molecule has 1 atom stereocenters. The molecule has 16 heavy (non-hydrogen) atoms. The van der Waals surface area contributed by atoms with Crippen LogP contribution in [0.15, 0.2) is 16.3 Å². The number of thiophene rings is 1. The van der Waals surface area contributed by atoms with Gasteiger partial charge in [-0.3, -0.25) is 0 Å². The van der Waals surface area contributed by atoms with E-state index in [1.165, 1.54) is 11.3 Å². The second-order valence-corrected chi connectivity index (χ2v) is 7.57. The zero-order chi connectivity index (χ0) is 11.8. The molecule has 0 aromatic carbocycles. The molecule has 90 valence electrons. The monoisotopic (exact) mass is 260 g/mol. The van der Waals surface area contributed by atoms with Gasteiger partial charge in [-0.25, -0.2) is 8.42 Å². The Bertz CT molecular complexity index is 467. The molecule has 2 heterocycles. The lowest BCUT2D eigenvalue weighted by Gasteiger charge is -2.14.